The lowest BCUT2D eigenvalue weighted by molar-refractivity contribution is -0.689. The molecule has 0 radical (unpaired) electrons. The van der Waals surface area contributed by atoms with Gasteiger partial charge in [0.25, 0.3) is 6.33 Å². The molecule has 0 bridgehead atoms. The van der Waals surface area contributed by atoms with E-state index in [0.717, 1.165) is 13.1 Å². The standard InChI is InChI=1S/C12H16N3.ClH/c1-3-15-10-14(9-13-15)8-12-7-5-4-6-11(12)2;/h4-7,9-10H,3,8H2,1-2H3;1H/q+1;/p-1. The number of benzene rings is 1. The van der Waals surface area contributed by atoms with Gasteiger partial charge in [-0.05, 0) is 25.0 Å². The van der Waals surface area contributed by atoms with Gasteiger partial charge in [-0.3, -0.25) is 0 Å². The van der Waals surface area contributed by atoms with Crippen LogP contribution in [0.15, 0.2) is 36.9 Å². The molecule has 1 aromatic carbocycles. The third kappa shape index (κ3) is 2.83. The minimum atomic E-state index is 0. The molecule has 16 heavy (non-hydrogen) atoms. The van der Waals surface area contributed by atoms with Crippen molar-refractivity contribution in [3.63, 3.8) is 0 Å². The van der Waals surface area contributed by atoms with Gasteiger partial charge in [0.2, 0.25) is 6.33 Å². The van der Waals surface area contributed by atoms with Crippen LogP contribution in [-0.4, -0.2) is 9.78 Å². The van der Waals surface area contributed by atoms with E-state index in [1.807, 2.05) is 17.3 Å². The summed E-state index contributed by atoms with van der Waals surface area (Å²) >= 11 is 0. The van der Waals surface area contributed by atoms with Crippen molar-refractivity contribution in [1.29, 1.82) is 0 Å². The van der Waals surface area contributed by atoms with Crippen LogP contribution in [0.2, 0.25) is 0 Å². The van der Waals surface area contributed by atoms with Crippen molar-refractivity contribution < 1.29 is 17.0 Å². The Kier molecular flexibility index (Phi) is 4.50. The average Bonchev–Trinajstić information content (AvgIpc) is 2.69. The lowest BCUT2D eigenvalue weighted by atomic mass is 10.1. The monoisotopic (exact) mass is 237 g/mol. The van der Waals surface area contributed by atoms with Gasteiger partial charge >= 0.3 is 0 Å². The Morgan fingerprint density at radius 1 is 1.31 bits per heavy atom. The lowest BCUT2D eigenvalue weighted by Gasteiger charge is -2.01. The molecule has 0 aliphatic heterocycles. The third-order valence-electron chi connectivity index (χ3n) is 2.57. The number of nitrogens with zero attached hydrogens (tertiary/aromatic N) is 3. The van der Waals surface area contributed by atoms with Gasteiger partial charge in [0.1, 0.15) is 6.54 Å². The van der Waals surface area contributed by atoms with Crippen LogP contribution in [-0.2, 0) is 13.1 Å². The van der Waals surface area contributed by atoms with Crippen molar-refractivity contribution in [2.24, 2.45) is 0 Å². The third-order valence-corrected chi connectivity index (χ3v) is 2.57. The van der Waals surface area contributed by atoms with Crippen LogP contribution < -0.4 is 17.0 Å². The minimum absolute atomic E-state index is 0. The smallest absolute Gasteiger partial charge is 0.265 e. The number of aromatic nitrogens is 3. The lowest BCUT2D eigenvalue weighted by Crippen LogP contribution is -3.00. The summed E-state index contributed by atoms with van der Waals surface area (Å²) in [5.41, 5.74) is 2.67. The molecule has 0 spiro atoms. The fraction of sp³-hybridized carbons (Fsp3) is 0.333. The number of rotatable bonds is 3. The Bertz CT molecular complexity index is 451. The summed E-state index contributed by atoms with van der Waals surface area (Å²) < 4.78 is 4.03. The van der Waals surface area contributed by atoms with Gasteiger partial charge in [-0.2, -0.15) is 0 Å². The molecule has 0 aliphatic rings. The van der Waals surface area contributed by atoms with Crippen molar-refractivity contribution in [2.75, 3.05) is 0 Å². The molecule has 0 N–H and O–H groups in total. The van der Waals surface area contributed by atoms with E-state index in [2.05, 4.69) is 47.8 Å². The fourth-order valence-corrected chi connectivity index (χ4v) is 1.59. The van der Waals surface area contributed by atoms with Crippen molar-refractivity contribution in [3.05, 3.63) is 48.0 Å². The number of halogens is 1. The van der Waals surface area contributed by atoms with E-state index in [1.54, 1.807) is 0 Å². The molecule has 0 saturated heterocycles. The zero-order valence-corrected chi connectivity index (χ0v) is 10.4. The van der Waals surface area contributed by atoms with Crippen molar-refractivity contribution >= 4 is 0 Å². The molecule has 3 nitrogen and oxygen atoms in total. The molecule has 4 heteroatoms. The fourth-order valence-electron chi connectivity index (χ4n) is 1.59. The molecule has 0 saturated carbocycles. The highest BCUT2D eigenvalue weighted by Gasteiger charge is 2.05. The molecule has 1 aromatic heterocycles. The van der Waals surface area contributed by atoms with Gasteiger partial charge in [0.15, 0.2) is 0 Å². The van der Waals surface area contributed by atoms with Crippen LogP contribution >= 0.6 is 0 Å². The maximum atomic E-state index is 4.24. The van der Waals surface area contributed by atoms with E-state index in [1.165, 1.54) is 11.1 Å². The summed E-state index contributed by atoms with van der Waals surface area (Å²) in [5, 5.41) is 4.24. The van der Waals surface area contributed by atoms with E-state index >= 15 is 0 Å². The molecule has 2 aromatic rings. The second-order valence-electron chi connectivity index (χ2n) is 3.70. The highest BCUT2D eigenvalue weighted by atomic mass is 35.5. The Morgan fingerprint density at radius 3 is 2.69 bits per heavy atom. The van der Waals surface area contributed by atoms with Gasteiger partial charge in [-0.15, -0.1) is 4.68 Å². The van der Waals surface area contributed by atoms with Crippen LogP contribution in [0.1, 0.15) is 18.1 Å². The second-order valence-corrected chi connectivity index (χ2v) is 3.70. The number of hydrogen-bond acceptors (Lipinski definition) is 1. The van der Waals surface area contributed by atoms with E-state index in [9.17, 15) is 0 Å². The predicted molar refractivity (Wildman–Crippen MR) is 58.4 cm³/mol. The zero-order chi connectivity index (χ0) is 10.7. The van der Waals surface area contributed by atoms with Crippen LogP contribution in [0.5, 0.6) is 0 Å². The summed E-state index contributed by atoms with van der Waals surface area (Å²) in [6.07, 6.45) is 3.91. The zero-order valence-electron chi connectivity index (χ0n) is 9.60. The maximum Gasteiger partial charge on any atom is 0.265 e. The van der Waals surface area contributed by atoms with Crippen molar-refractivity contribution in [3.8, 4) is 0 Å². The van der Waals surface area contributed by atoms with E-state index in [0.29, 0.717) is 0 Å². The highest BCUT2D eigenvalue weighted by molar-refractivity contribution is 5.24. The largest absolute Gasteiger partial charge is 1.00 e. The molecule has 2 rings (SSSR count). The van der Waals surface area contributed by atoms with Gasteiger partial charge < -0.3 is 12.4 Å². The first-order valence-corrected chi connectivity index (χ1v) is 5.25. The number of hydrogen-bond donors (Lipinski definition) is 0. The molecular formula is C12H16ClN3. The Morgan fingerprint density at radius 2 is 2.06 bits per heavy atom. The molecule has 0 amide bonds. The van der Waals surface area contributed by atoms with E-state index in [4.69, 9.17) is 0 Å². The molecule has 0 aliphatic carbocycles. The Balaban J connectivity index is 0.00000128. The van der Waals surface area contributed by atoms with Crippen molar-refractivity contribution in [1.82, 2.24) is 9.78 Å². The molecule has 0 fully saturated rings. The summed E-state index contributed by atoms with van der Waals surface area (Å²) in [6, 6.07) is 8.44. The van der Waals surface area contributed by atoms with Gasteiger partial charge in [-0.1, -0.05) is 24.3 Å². The van der Waals surface area contributed by atoms with E-state index in [-0.39, 0.29) is 12.4 Å². The second kappa shape index (κ2) is 5.66. The Labute approximate surface area is 102 Å². The SMILES string of the molecule is CCn1c[n+](Cc2ccccc2C)cn1.[Cl-]. The van der Waals surface area contributed by atoms with Crippen LogP contribution in [0.3, 0.4) is 0 Å². The molecule has 0 unspecified atom stereocenters. The molecule has 0 atom stereocenters. The summed E-state index contributed by atoms with van der Waals surface area (Å²) in [7, 11) is 0. The average molecular weight is 238 g/mol. The summed E-state index contributed by atoms with van der Waals surface area (Å²) in [6.45, 7) is 6.04. The molecular weight excluding hydrogens is 222 g/mol. The summed E-state index contributed by atoms with van der Waals surface area (Å²) in [4.78, 5) is 0. The van der Waals surface area contributed by atoms with Crippen LogP contribution in [0.25, 0.3) is 0 Å². The minimum Gasteiger partial charge on any atom is -1.00 e. The topological polar surface area (TPSA) is 21.7 Å². The van der Waals surface area contributed by atoms with Crippen LogP contribution in [0.4, 0.5) is 0 Å². The first kappa shape index (κ1) is 12.7. The quantitative estimate of drug-likeness (QED) is 0.599. The normalized spacial score (nSPS) is 9.88. The first-order valence-electron chi connectivity index (χ1n) is 5.25. The Hall–Kier alpha value is -1.35. The number of aryl methyl sites for hydroxylation is 2. The van der Waals surface area contributed by atoms with E-state index < -0.39 is 0 Å². The molecule has 1 heterocycles. The van der Waals surface area contributed by atoms with Crippen molar-refractivity contribution in [2.45, 2.75) is 26.9 Å². The maximum absolute atomic E-state index is 4.24. The predicted octanol–water partition coefficient (Wildman–Crippen LogP) is -1.45. The highest BCUT2D eigenvalue weighted by Crippen LogP contribution is 2.05. The molecule has 86 valence electrons. The van der Waals surface area contributed by atoms with Gasteiger partial charge in [0, 0.05) is 5.10 Å². The van der Waals surface area contributed by atoms with Gasteiger partial charge in [0.05, 0.1) is 6.54 Å². The van der Waals surface area contributed by atoms with Gasteiger partial charge in [-0.25, -0.2) is 4.57 Å². The van der Waals surface area contributed by atoms with Crippen LogP contribution in [0, 0.1) is 6.92 Å². The first-order chi connectivity index (χ1) is 7.29. The summed E-state index contributed by atoms with van der Waals surface area (Å²) in [5.74, 6) is 0.